The van der Waals surface area contributed by atoms with Crippen LogP contribution in [0.2, 0.25) is 0 Å². The predicted molar refractivity (Wildman–Crippen MR) is 207 cm³/mol. The minimum Gasteiger partial charge on any atom is -0.465 e. The number of aromatic nitrogens is 1. The molecule has 272 valence electrons. The molecular formula is C43H42F3N5OS. The van der Waals surface area contributed by atoms with E-state index in [2.05, 4.69) is 67.5 Å². The number of nitriles is 3. The summed E-state index contributed by atoms with van der Waals surface area (Å²) in [5.74, 6) is -0.275. The second-order valence-corrected chi connectivity index (χ2v) is 14.5. The van der Waals surface area contributed by atoms with Gasteiger partial charge in [0.2, 0.25) is 0 Å². The smallest absolute Gasteiger partial charge is 0.437 e. The quantitative estimate of drug-likeness (QED) is 0.120. The summed E-state index contributed by atoms with van der Waals surface area (Å²) in [4.78, 5) is 4.02. The molecule has 2 aromatic heterocycles. The van der Waals surface area contributed by atoms with Crippen LogP contribution in [-0.2, 0) is 16.9 Å². The topological polar surface area (TPSA) is 88.8 Å². The standard InChI is InChI=1S/C43H42F3N5OS/c1-5-7-22-50(23-8-6-2)34-15-14-31-24-35(51(29-30(3)4)40(31)25-34)16-17-36-18-19-37(53-36)20-21-39-38(28-49)41(32(26-47)27-48)52-42(39,43(44,45)46)33-12-10-9-11-13-33/h9-21,24-25,30H,5-8,22-23,29H2,1-4H3/b17-16+,21-20+. The van der Waals surface area contributed by atoms with Gasteiger partial charge in [-0.1, -0.05) is 83.0 Å². The largest absolute Gasteiger partial charge is 0.465 e. The van der Waals surface area contributed by atoms with E-state index in [-0.39, 0.29) is 5.56 Å². The van der Waals surface area contributed by atoms with Gasteiger partial charge >= 0.3 is 6.18 Å². The summed E-state index contributed by atoms with van der Waals surface area (Å²) < 4.78 is 53.3. The van der Waals surface area contributed by atoms with Gasteiger partial charge in [-0.3, -0.25) is 0 Å². The number of unbranched alkanes of at least 4 members (excludes halogenated alkanes) is 2. The Morgan fingerprint density at radius 2 is 1.53 bits per heavy atom. The molecule has 0 saturated heterocycles. The number of alkyl halides is 3. The Bertz CT molecular complexity index is 2160. The number of fused-ring (bicyclic) bond motifs is 1. The lowest BCUT2D eigenvalue weighted by Crippen LogP contribution is -2.43. The Hall–Kier alpha value is -5.50. The van der Waals surface area contributed by atoms with Gasteiger partial charge in [-0.25, -0.2) is 0 Å². The van der Waals surface area contributed by atoms with Crippen LogP contribution < -0.4 is 4.90 Å². The third-order valence-electron chi connectivity index (χ3n) is 9.15. The molecule has 0 spiro atoms. The van der Waals surface area contributed by atoms with Crippen LogP contribution in [0.4, 0.5) is 18.9 Å². The molecule has 6 nitrogen and oxygen atoms in total. The molecule has 1 aliphatic rings. The molecule has 0 saturated carbocycles. The highest BCUT2D eigenvalue weighted by Gasteiger charge is 2.65. The normalized spacial score (nSPS) is 16.1. The van der Waals surface area contributed by atoms with Crippen molar-refractivity contribution >= 4 is 46.2 Å². The lowest BCUT2D eigenvalue weighted by atomic mass is 9.84. The number of allylic oxidation sites excluding steroid dienone is 2. The van der Waals surface area contributed by atoms with E-state index in [1.54, 1.807) is 30.3 Å². The molecule has 0 fully saturated rings. The van der Waals surface area contributed by atoms with Crippen molar-refractivity contribution in [2.24, 2.45) is 5.92 Å². The molecule has 0 N–H and O–H groups in total. The van der Waals surface area contributed by atoms with Gasteiger partial charge in [-0.05, 0) is 67.3 Å². The first-order valence-electron chi connectivity index (χ1n) is 17.9. The summed E-state index contributed by atoms with van der Waals surface area (Å²) in [5.41, 5.74) is -1.64. The van der Waals surface area contributed by atoms with Crippen LogP contribution in [0.3, 0.4) is 0 Å². The fraction of sp³-hybridized carbons (Fsp3) is 0.326. The number of ether oxygens (including phenoxy) is 1. The van der Waals surface area contributed by atoms with Crippen LogP contribution in [0.1, 0.15) is 74.4 Å². The monoisotopic (exact) mass is 733 g/mol. The van der Waals surface area contributed by atoms with Crippen LogP contribution in [0.15, 0.2) is 95.3 Å². The zero-order valence-electron chi connectivity index (χ0n) is 30.4. The Balaban J connectivity index is 1.51. The molecule has 0 amide bonds. The molecule has 0 aliphatic carbocycles. The fourth-order valence-corrected chi connectivity index (χ4v) is 7.37. The van der Waals surface area contributed by atoms with Gasteiger partial charge < -0.3 is 14.2 Å². The third kappa shape index (κ3) is 8.12. The first-order chi connectivity index (χ1) is 25.5. The predicted octanol–water partition coefficient (Wildman–Crippen LogP) is 11.6. The molecular weight excluding hydrogens is 692 g/mol. The lowest BCUT2D eigenvalue weighted by Gasteiger charge is -2.33. The minimum atomic E-state index is -5.05. The maximum atomic E-state index is 15.1. The molecule has 1 unspecified atom stereocenters. The molecule has 5 rings (SSSR count). The van der Waals surface area contributed by atoms with Crippen molar-refractivity contribution in [1.29, 1.82) is 15.8 Å². The zero-order valence-corrected chi connectivity index (χ0v) is 31.2. The van der Waals surface area contributed by atoms with E-state index < -0.39 is 34.3 Å². The highest BCUT2D eigenvalue weighted by Crippen LogP contribution is 2.56. The van der Waals surface area contributed by atoms with Crippen molar-refractivity contribution in [2.45, 2.75) is 71.7 Å². The number of halogens is 3. The number of rotatable bonds is 14. The van der Waals surface area contributed by atoms with Crippen molar-refractivity contribution in [1.82, 2.24) is 4.57 Å². The first kappa shape index (κ1) is 38.7. The van der Waals surface area contributed by atoms with Gasteiger partial charge in [0.25, 0.3) is 5.60 Å². The van der Waals surface area contributed by atoms with Gasteiger partial charge in [0, 0.05) is 57.3 Å². The van der Waals surface area contributed by atoms with Crippen molar-refractivity contribution in [3.8, 4) is 18.2 Å². The van der Waals surface area contributed by atoms with Gasteiger partial charge in [0.15, 0.2) is 11.3 Å². The minimum absolute atomic E-state index is 0.279. The second kappa shape index (κ2) is 16.9. The van der Waals surface area contributed by atoms with Gasteiger partial charge in [0.1, 0.15) is 23.8 Å². The summed E-state index contributed by atoms with van der Waals surface area (Å²) >= 11 is 1.38. The Morgan fingerprint density at radius 1 is 0.887 bits per heavy atom. The third-order valence-corrected chi connectivity index (χ3v) is 10.2. The zero-order chi connectivity index (χ0) is 38.2. The molecule has 3 heterocycles. The summed E-state index contributed by atoms with van der Waals surface area (Å²) in [7, 11) is 0. The average Bonchev–Trinajstić information content (AvgIpc) is 3.84. The second-order valence-electron chi connectivity index (χ2n) is 13.4. The van der Waals surface area contributed by atoms with E-state index in [1.807, 2.05) is 12.1 Å². The first-order valence-corrected chi connectivity index (χ1v) is 18.7. The molecule has 10 heteroatoms. The van der Waals surface area contributed by atoms with E-state index in [9.17, 15) is 15.8 Å². The number of hydrogen-bond donors (Lipinski definition) is 0. The van der Waals surface area contributed by atoms with E-state index in [0.717, 1.165) is 61.3 Å². The van der Waals surface area contributed by atoms with E-state index in [0.29, 0.717) is 10.8 Å². The molecule has 0 bridgehead atoms. The molecule has 1 atom stereocenters. The Morgan fingerprint density at radius 3 is 2.09 bits per heavy atom. The van der Waals surface area contributed by atoms with E-state index in [1.165, 1.54) is 59.0 Å². The van der Waals surface area contributed by atoms with Gasteiger partial charge in [0.05, 0.1) is 5.52 Å². The number of benzene rings is 2. The van der Waals surface area contributed by atoms with Crippen LogP contribution >= 0.6 is 11.3 Å². The molecule has 2 aromatic carbocycles. The number of nitrogens with zero attached hydrogens (tertiary/aromatic N) is 5. The van der Waals surface area contributed by atoms with Crippen LogP contribution in [0.5, 0.6) is 0 Å². The Labute approximate surface area is 313 Å². The van der Waals surface area contributed by atoms with Crippen molar-refractivity contribution in [3.05, 3.63) is 116 Å². The van der Waals surface area contributed by atoms with Crippen molar-refractivity contribution in [3.63, 3.8) is 0 Å². The summed E-state index contributed by atoms with van der Waals surface area (Å²) in [6.45, 7) is 11.7. The highest BCUT2D eigenvalue weighted by molar-refractivity contribution is 7.13. The summed E-state index contributed by atoms with van der Waals surface area (Å²) in [6, 6.07) is 24.5. The molecule has 0 radical (unpaired) electrons. The van der Waals surface area contributed by atoms with E-state index >= 15 is 13.2 Å². The van der Waals surface area contributed by atoms with Gasteiger partial charge in [-0.15, -0.1) is 11.3 Å². The maximum absolute atomic E-state index is 15.1. The molecule has 53 heavy (non-hydrogen) atoms. The van der Waals surface area contributed by atoms with Crippen molar-refractivity contribution in [2.75, 3.05) is 18.0 Å². The van der Waals surface area contributed by atoms with Crippen LogP contribution in [-0.4, -0.2) is 23.8 Å². The van der Waals surface area contributed by atoms with Gasteiger partial charge in [-0.2, -0.15) is 29.0 Å². The lowest BCUT2D eigenvalue weighted by molar-refractivity contribution is -0.249. The number of thiophene rings is 1. The average molecular weight is 734 g/mol. The van der Waals surface area contributed by atoms with Crippen LogP contribution in [0, 0.1) is 39.9 Å². The number of hydrogen-bond acceptors (Lipinski definition) is 6. The van der Waals surface area contributed by atoms with E-state index in [4.69, 9.17) is 4.74 Å². The van der Waals surface area contributed by atoms with Crippen LogP contribution in [0.25, 0.3) is 29.1 Å². The summed E-state index contributed by atoms with van der Waals surface area (Å²) in [6.07, 6.45) is 6.30. The maximum Gasteiger partial charge on any atom is 0.437 e. The summed E-state index contributed by atoms with van der Waals surface area (Å²) in [5, 5.41) is 30.2. The highest BCUT2D eigenvalue weighted by atomic mass is 32.1. The number of anilines is 1. The Kier molecular flexibility index (Phi) is 12.3. The fourth-order valence-electron chi connectivity index (χ4n) is 6.55. The molecule has 1 aliphatic heterocycles. The SMILES string of the molecule is CCCCN(CCCC)c1ccc2cc(/C=C/c3ccc(/C=C/C4=C(C#N)C(=C(C#N)C#N)OC4(c4ccccc4)C(F)(F)F)s3)n(CC(C)C)c2c1. The molecule has 4 aromatic rings. The van der Waals surface area contributed by atoms with Crippen molar-refractivity contribution < 1.29 is 17.9 Å².